The second-order valence-corrected chi connectivity index (χ2v) is 7.50. The summed E-state index contributed by atoms with van der Waals surface area (Å²) in [5.74, 6) is 0.775. The lowest BCUT2D eigenvalue weighted by Gasteiger charge is -2.26. The number of carbonyl (C=O) groups excluding carboxylic acids is 1. The summed E-state index contributed by atoms with van der Waals surface area (Å²) in [7, 11) is 0. The van der Waals surface area contributed by atoms with E-state index in [2.05, 4.69) is 34.8 Å². The predicted molar refractivity (Wildman–Crippen MR) is 124 cm³/mol. The van der Waals surface area contributed by atoms with Gasteiger partial charge in [0.15, 0.2) is 5.96 Å². The second-order valence-electron chi connectivity index (χ2n) is 7.50. The Kier molecular flexibility index (Phi) is 15.0. The number of aliphatic imine (C=N–C) groups is 1. The Morgan fingerprint density at radius 2 is 1.70 bits per heavy atom. The fraction of sp³-hybridized carbons (Fsp3) is 0.900. The third-order valence-corrected chi connectivity index (χ3v) is 4.92. The number of hydrogen-bond donors (Lipinski definition) is 4. The van der Waals surface area contributed by atoms with Gasteiger partial charge >= 0.3 is 0 Å². The Labute approximate surface area is 182 Å². The number of nitrogens with zero attached hydrogens (tertiary/aromatic N) is 1. The van der Waals surface area contributed by atoms with E-state index >= 15 is 0 Å². The van der Waals surface area contributed by atoms with Crippen molar-refractivity contribution >= 4 is 35.8 Å². The van der Waals surface area contributed by atoms with Crippen molar-refractivity contribution in [2.75, 3.05) is 19.6 Å². The summed E-state index contributed by atoms with van der Waals surface area (Å²) < 4.78 is 0. The highest BCUT2D eigenvalue weighted by Gasteiger charge is 2.24. The summed E-state index contributed by atoms with van der Waals surface area (Å²) in [5.41, 5.74) is -0.732. The normalized spacial score (nSPS) is 15.8. The molecule has 0 atom stereocenters. The van der Waals surface area contributed by atoms with Gasteiger partial charge in [-0.3, -0.25) is 9.79 Å². The number of halogens is 1. The molecular formula is C20H41IN4O2. The summed E-state index contributed by atoms with van der Waals surface area (Å²) >= 11 is 0. The van der Waals surface area contributed by atoms with E-state index in [1.165, 1.54) is 19.3 Å². The van der Waals surface area contributed by atoms with Gasteiger partial charge in [-0.05, 0) is 32.6 Å². The van der Waals surface area contributed by atoms with Crippen LogP contribution >= 0.6 is 24.0 Å². The van der Waals surface area contributed by atoms with Crippen LogP contribution in [0.4, 0.5) is 0 Å². The zero-order valence-corrected chi connectivity index (χ0v) is 19.8. The first-order valence-corrected chi connectivity index (χ1v) is 10.6. The van der Waals surface area contributed by atoms with Gasteiger partial charge in [-0.1, -0.05) is 46.0 Å². The topological polar surface area (TPSA) is 85.8 Å². The molecule has 1 aliphatic rings. The van der Waals surface area contributed by atoms with Crippen molar-refractivity contribution < 1.29 is 9.90 Å². The molecule has 0 unspecified atom stereocenters. The molecule has 160 valence electrons. The first-order valence-electron chi connectivity index (χ1n) is 10.6. The van der Waals surface area contributed by atoms with Crippen LogP contribution in [0, 0.1) is 0 Å². The van der Waals surface area contributed by atoms with Crippen LogP contribution in [0.5, 0.6) is 0 Å². The molecule has 1 rings (SSSR count). The summed E-state index contributed by atoms with van der Waals surface area (Å²) in [5, 5.41) is 20.2. The lowest BCUT2D eigenvalue weighted by atomic mass is 9.93. The van der Waals surface area contributed by atoms with Crippen molar-refractivity contribution in [3.63, 3.8) is 0 Å². The minimum absolute atomic E-state index is 0. The van der Waals surface area contributed by atoms with Gasteiger partial charge in [0, 0.05) is 25.6 Å². The molecule has 0 aromatic heterocycles. The molecule has 0 heterocycles. The van der Waals surface area contributed by atoms with Crippen LogP contribution in [0.3, 0.4) is 0 Å². The van der Waals surface area contributed by atoms with Gasteiger partial charge in [0.2, 0.25) is 5.91 Å². The van der Waals surface area contributed by atoms with Gasteiger partial charge < -0.3 is 21.1 Å². The summed E-state index contributed by atoms with van der Waals surface area (Å²) in [6, 6.07) is 0.358. The molecule has 27 heavy (non-hydrogen) atoms. The third kappa shape index (κ3) is 11.8. The highest BCUT2D eigenvalue weighted by Crippen LogP contribution is 2.20. The fourth-order valence-corrected chi connectivity index (χ4v) is 3.62. The van der Waals surface area contributed by atoms with Crippen LogP contribution < -0.4 is 16.0 Å². The maximum atomic E-state index is 12.1. The number of hydrogen-bond acceptors (Lipinski definition) is 3. The zero-order chi connectivity index (χ0) is 19.3. The number of rotatable bonds is 11. The van der Waals surface area contributed by atoms with Crippen LogP contribution in [0.15, 0.2) is 4.99 Å². The van der Waals surface area contributed by atoms with Crippen LogP contribution in [-0.2, 0) is 4.79 Å². The van der Waals surface area contributed by atoms with Crippen molar-refractivity contribution in [2.45, 2.75) is 96.6 Å². The Hall–Kier alpha value is -0.570. The predicted octanol–water partition coefficient (Wildman–Crippen LogP) is 3.33. The summed E-state index contributed by atoms with van der Waals surface area (Å²) in [4.78, 5) is 16.6. The van der Waals surface area contributed by atoms with E-state index in [1.807, 2.05) is 6.92 Å². The molecule has 4 N–H and O–H groups in total. The first-order chi connectivity index (χ1) is 12.5. The fourth-order valence-electron chi connectivity index (χ4n) is 3.62. The van der Waals surface area contributed by atoms with Crippen molar-refractivity contribution in [3.05, 3.63) is 0 Å². The van der Waals surface area contributed by atoms with Gasteiger partial charge in [-0.15, -0.1) is 24.0 Å². The molecule has 6 nitrogen and oxygen atoms in total. The monoisotopic (exact) mass is 496 g/mol. The number of guanidine groups is 1. The van der Waals surface area contributed by atoms with Gasteiger partial charge in [0.1, 0.15) is 0 Å². The van der Waals surface area contributed by atoms with Crippen molar-refractivity contribution in [2.24, 2.45) is 4.99 Å². The van der Waals surface area contributed by atoms with E-state index < -0.39 is 5.60 Å². The molecule has 0 aromatic carbocycles. The summed E-state index contributed by atoms with van der Waals surface area (Å²) in [6.45, 7) is 7.86. The van der Waals surface area contributed by atoms with E-state index in [-0.39, 0.29) is 29.9 Å². The van der Waals surface area contributed by atoms with Gasteiger partial charge in [0.05, 0.1) is 12.1 Å². The van der Waals surface area contributed by atoms with E-state index in [4.69, 9.17) is 0 Å². The molecule has 0 saturated heterocycles. The van der Waals surface area contributed by atoms with E-state index in [9.17, 15) is 9.90 Å². The average Bonchev–Trinajstić information content (AvgIpc) is 2.61. The van der Waals surface area contributed by atoms with Crippen molar-refractivity contribution in [1.82, 2.24) is 16.0 Å². The average molecular weight is 496 g/mol. The standard InChI is InChI=1S/C20H40N4O2.HI/c1-4-13-20(26,14-5-2)16-23-19(21-6-3)22-15-12-18(25)24-17-10-8-7-9-11-17;/h17,26H,4-16H2,1-3H3,(H,24,25)(H2,21,22,23);1H. The lowest BCUT2D eigenvalue weighted by molar-refractivity contribution is -0.121. The lowest BCUT2D eigenvalue weighted by Crippen LogP contribution is -2.42. The van der Waals surface area contributed by atoms with Crippen LogP contribution in [0.2, 0.25) is 0 Å². The van der Waals surface area contributed by atoms with E-state index in [1.54, 1.807) is 0 Å². The Balaban J connectivity index is 0.00000676. The van der Waals surface area contributed by atoms with Gasteiger partial charge in [-0.2, -0.15) is 0 Å². The van der Waals surface area contributed by atoms with Crippen LogP contribution in [-0.4, -0.2) is 48.3 Å². The number of carbonyl (C=O) groups is 1. The minimum Gasteiger partial charge on any atom is -0.388 e. The SMILES string of the molecule is CCCC(O)(CCC)CN=C(NCC)NCCC(=O)NC1CCCCC1.I. The Morgan fingerprint density at radius 1 is 1.07 bits per heavy atom. The molecule has 0 bridgehead atoms. The summed E-state index contributed by atoms with van der Waals surface area (Å²) in [6.07, 6.45) is 9.79. The molecule has 0 aliphatic heterocycles. The molecule has 1 fully saturated rings. The van der Waals surface area contributed by atoms with Crippen molar-refractivity contribution in [3.8, 4) is 0 Å². The van der Waals surface area contributed by atoms with Gasteiger partial charge in [0.25, 0.3) is 0 Å². The smallest absolute Gasteiger partial charge is 0.221 e. The maximum absolute atomic E-state index is 12.1. The molecule has 0 spiro atoms. The molecule has 1 amide bonds. The largest absolute Gasteiger partial charge is 0.388 e. The van der Waals surface area contributed by atoms with Crippen molar-refractivity contribution in [1.29, 1.82) is 0 Å². The van der Waals surface area contributed by atoms with Crippen LogP contribution in [0.1, 0.15) is 85.0 Å². The van der Waals surface area contributed by atoms with Crippen LogP contribution in [0.25, 0.3) is 0 Å². The Morgan fingerprint density at radius 3 is 2.26 bits per heavy atom. The highest BCUT2D eigenvalue weighted by atomic mass is 127. The number of nitrogens with one attached hydrogen (secondary N) is 3. The molecular weight excluding hydrogens is 455 g/mol. The zero-order valence-electron chi connectivity index (χ0n) is 17.5. The highest BCUT2D eigenvalue weighted by molar-refractivity contribution is 14.0. The van der Waals surface area contributed by atoms with E-state index in [0.717, 1.165) is 45.1 Å². The maximum Gasteiger partial charge on any atom is 0.221 e. The van der Waals surface area contributed by atoms with Gasteiger partial charge in [-0.25, -0.2) is 0 Å². The second kappa shape index (κ2) is 15.4. The first kappa shape index (κ1) is 26.4. The third-order valence-electron chi connectivity index (χ3n) is 4.92. The van der Waals surface area contributed by atoms with E-state index in [0.29, 0.717) is 31.5 Å². The minimum atomic E-state index is -0.732. The molecule has 7 heteroatoms. The molecule has 1 aliphatic carbocycles. The molecule has 0 radical (unpaired) electrons. The molecule has 1 saturated carbocycles. The number of amides is 1. The number of aliphatic hydroxyl groups is 1. The quantitative estimate of drug-likeness (QED) is 0.201. The molecule has 0 aromatic rings. The Bertz CT molecular complexity index is 420.